The summed E-state index contributed by atoms with van der Waals surface area (Å²) in [5.41, 5.74) is 23.2. The maximum absolute atomic E-state index is 7.22. The van der Waals surface area contributed by atoms with Crippen LogP contribution in [0, 0.1) is 0 Å². The Balaban J connectivity index is 1.01. The van der Waals surface area contributed by atoms with E-state index in [0.717, 1.165) is 60.9 Å². The third kappa shape index (κ3) is 6.66. The monoisotopic (exact) mass is 1020 g/mol. The van der Waals surface area contributed by atoms with Crippen LogP contribution in [0.1, 0.15) is 44.5 Å². The van der Waals surface area contributed by atoms with Crippen molar-refractivity contribution in [1.29, 1.82) is 0 Å². The van der Waals surface area contributed by atoms with Crippen LogP contribution >= 0.6 is 0 Å². The molecular weight excluding hydrogens is 967 g/mol. The number of fused-ring (bicyclic) bond motifs is 11. The van der Waals surface area contributed by atoms with Crippen LogP contribution in [0.15, 0.2) is 314 Å². The highest BCUT2D eigenvalue weighted by Crippen LogP contribution is 2.60. The molecule has 0 N–H and O–H groups in total. The highest BCUT2D eigenvalue weighted by atomic mass is 16.3. The molecule has 2 nitrogen and oxygen atoms in total. The van der Waals surface area contributed by atoms with Gasteiger partial charge in [-0.25, -0.2) is 0 Å². The van der Waals surface area contributed by atoms with Crippen LogP contribution in [-0.4, -0.2) is 0 Å². The molecule has 16 rings (SSSR count). The average Bonchev–Trinajstić information content (AvgIpc) is 3.72. The van der Waals surface area contributed by atoms with E-state index >= 15 is 0 Å². The zero-order chi connectivity index (χ0) is 52.8. The third-order valence-corrected chi connectivity index (χ3v) is 17.4. The minimum atomic E-state index is -0.609. The van der Waals surface area contributed by atoms with Crippen LogP contribution in [0.25, 0.3) is 77.2 Å². The number of benzene rings is 13. The van der Waals surface area contributed by atoms with Crippen molar-refractivity contribution in [2.24, 2.45) is 0 Å². The van der Waals surface area contributed by atoms with Crippen LogP contribution in [0.4, 0.5) is 17.1 Å². The number of hydrogen-bond acceptors (Lipinski definition) is 2. The van der Waals surface area contributed by atoms with Gasteiger partial charge in [-0.1, -0.05) is 261 Å². The average molecular weight is 1020 g/mol. The van der Waals surface area contributed by atoms with Crippen LogP contribution in [0.2, 0.25) is 0 Å². The van der Waals surface area contributed by atoms with Gasteiger partial charge in [0.15, 0.2) is 0 Å². The molecule has 0 aliphatic heterocycles. The molecule has 14 aromatic rings. The summed E-state index contributed by atoms with van der Waals surface area (Å²) in [5, 5.41) is 4.34. The van der Waals surface area contributed by atoms with E-state index in [0.29, 0.717) is 0 Å². The fraction of sp³-hybridized carbons (Fsp3) is 0.0256. The highest BCUT2D eigenvalue weighted by Gasteiger charge is 2.48. The van der Waals surface area contributed by atoms with Gasteiger partial charge in [0, 0.05) is 22.1 Å². The third-order valence-electron chi connectivity index (χ3n) is 17.4. The zero-order valence-electron chi connectivity index (χ0n) is 43.8. The van der Waals surface area contributed by atoms with E-state index in [1.165, 1.54) is 77.9 Å². The predicted molar refractivity (Wildman–Crippen MR) is 331 cm³/mol. The van der Waals surface area contributed by atoms with Crippen LogP contribution < -0.4 is 4.90 Å². The van der Waals surface area contributed by atoms with Crippen molar-refractivity contribution in [2.75, 3.05) is 4.90 Å². The fourth-order valence-electron chi connectivity index (χ4n) is 14.1. The standard InChI is InChI=1S/C78H51NO/c1-6-24-52(25-7-1)53-26-22-27-54(48-53)67-51-68-75-73(42-23-43-74(75)80-76(68)66-39-17-16-36-61(66)67)79(59-44-46-64-62-37-18-20-40-69(62)77(71(64)49-59,55-28-8-2-9-29-55)56-30-10-3-11-31-56)60-45-47-65-63-38-19-21-41-70(63)78(72(65)50-60,57-32-12-4-13-33-57)58-34-14-5-15-35-58/h1-51H. The number of anilines is 3. The van der Waals surface area contributed by atoms with E-state index in [2.05, 4.69) is 314 Å². The van der Waals surface area contributed by atoms with Gasteiger partial charge in [0.25, 0.3) is 0 Å². The molecule has 2 heteroatoms. The second-order valence-corrected chi connectivity index (χ2v) is 21.4. The molecule has 0 atom stereocenters. The van der Waals surface area contributed by atoms with E-state index in [-0.39, 0.29) is 0 Å². The SMILES string of the molecule is c1ccc(-c2cccc(-c3cc4c(oc5cccc(N(c6ccc7c(c6)C(c6ccccc6)(c6ccccc6)c6ccccc6-7)c6ccc7c(c6)C(c6ccccc6)(c6ccccc6)c6ccccc6-7)c54)c4ccccc34)c2)cc1. The van der Waals surface area contributed by atoms with Crippen molar-refractivity contribution >= 4 is 49.8 Å². The maximum Gasteiger partial charge on any atom is 0.143 e. The van der Waals surface area contributed by atoms with Crippen LogP contribution in [0.3, 0.4) is 0 Å². The van der Waals surface area contributed by atoms with Gasteiger partial charge in [0.05, 0.1) is 21.9 Å². The van der Waals surface area contributed by atoms with Gasteiger partial charge in [-0.05, 0) is 143 Å². The molecule has 0 saturated carbocycles. The first-order valence-electron chi connectivity index (χ1n) is 27.7. The Bertz CT molecular complexity index is 4430. The van der Waals surface area contributed by atoms with Crippen molar-refractivity contribution in [2.45, 2.75) is 10.8 Å². The number of rotatable bonds is 9. The Morgan fingerprint density at radius 3 is 1.23 bits per heavy atom. The van der Waals surface area contributed by atoms with E-state index in [1.54, 1.807) is 0 Å². The van der Waals surface area contributed by atoms with Crippen molar-refractivity contribution in [3.05, 3.63) is 354 Å². The van der Waals surface area contributed by atoms with E-state index in [4.69, 9.17) is 4.42 Å². The summed E-state index contributed by atoms with van der Waals surface area (Å²) in [6, 6.07) is 114. The second-order valence-electron chi connectivity index (χ2n) is 21.4. The lowest BCUT2D eigenvalue weighted by Crippen LogP contribution is -2.29. The predicted octanol–water partition coefficient (Wildman–Crippen LogP) is 20.3. The lowest BCUT2D eigenvalue weighted by atomic mass is 9.67. The van der Waals surface area contributed by atoms with Gasteiger partial charge in [-0.2, -0.15) is 0 Å². The molecule has 0 spiro atoms. The molecule has 374 valence electrons. The maximum atomic E-state index is 7.22. The Kier molecular flexibility index (Phi) is 10.4. The van der Waals surface area contributed by atoms with Gasteiger partial charge in [0.1, 0.15) is 11.2 Å². The summed E-state index contributed by atoms with van der Waals surface area (Å²) in [4.78, 5) is 2.52. The minimum absolute atomic E-state index is 0.609. The highest BCUT2D eigenvalue weighted by molar-refractivity contribution is 6.22. The normalized spacial score (nSPS) is 13.4. The van der Waals surface area contributed by atoms with Gasteiger partial charge in [-0.15, -0.1) is 0 Å². The summed E-state index contributed by atoms with van der Waals surface area (Å²) >= 11 is 0. The summed E-state index contributed by atoms with van der Waals surface area (Å²) in [5.74, 6) is 0. The Morgan fingerprint density at radius 2 is 0.688 bits per heavy atom. The first-order chi connectivity index (χ1) is 39.7. The first kappa shape index (κ1) is 45.9. The molecule has 0 bridgehead atoms. The van der Waals surface area contributed by atoms with Crippen molar-refractivity contribution < 1.29 is 4.42 Å². The lowest BCUT2D eigenvalue weighted by molar-refractivity contribution is 0.672. The smallest absolute Gasteiger partial charge is 0.143 e. The molecular formula is C78H51NO. The second kappa shape index (κ2) is 18.2. The van der Waals surface area contributed by atoms with Crippen LogP contribution in [0.5, 0.6) is 0 Å². The quantitative estimate of drug-likeness (QED) is 0.143. The van der Waals surface area contributed by atoms with E-state index < -0.39 is 10.8 Å². The zero-order valence-corrected chi connectivity index (χ0v) is 43.8. The van der Waals surface area contributed by atoms with Crippen molar-refractivity contribution in [3.63, 3.8) is 0 Å². The summed E-state index contributed by atoms with van der Waals surface area (Å²) in [6.45, 7) is 0. The molecule has 2 aliphatic rings. The largest absolute Gasteiger partial charge is 0.455 e. The Hall–Kier alpha value is -10.3. The Morgan fingerprint density at radius 1 is 0.263 bits per heavy atom. The lowest BCUT2D eigenvalue weighted by Gasteiger charge is -2.36. The molecule has 0 unspecified atom stereocenters. The van der Waals surface area contributed by atoms with Gasteiger partial charge >= 0.3 is 0 Å². The molecule has 0 fully saturated rings. The summed E-state index contributed by atoms with van der Waals surface area (Å²) < 4.78 is 7.22. The van der Waals surface area contributed by atoms with Gasteiger partial charge < -0.3 is 9.32 Å². The number of furan rings is 1. The topological polar surface area (TPSA) is 16.4 Å². The first-order valence-corrected chi connectivity index (χ1v) is 27.7. The molecule has 1 aromatic heterocycles. The fourth-order valence-corrected chi connectivity index (χ4v) is 14.1. The molecule has 1 heterocycles. The molecule has 13 aromatic carbocycles. The van der Waals surface area contributed by atoms with Gasteiger partial charge in [-0.3, -0.25) is 0 Å². The molecule has 80 heavy (non-hydrogen) atoms. The van der Waals surface area contributed by atoms with Crippen molar-refractivity contribution in [1.82, 2.24) is 0 Å². The van der Waals surface area contributed by atoms with E-state index in [9.17, 15) is 0 Å². The van der Waals surface area contributed by atoms with Gasteiger partial charge in [0.2, 0.25) is 0 Å². The van der Waals surface area contributed by atoms with Crippen LogP contribution in [-0.2, 0) is 10.8 Å². The molecule has 0 amide bonds. The number of nitrogens with zero attached hydrogens (tertiary/aromatic N) is 1. The number of hydrogen-bond donors (Lipinski definition) is 0. The molecule has 2 aliphatic carbocycles. The minimum Gasteiger partial charge on any atom is -0.455 e. The Labute approximate surface area is 465 Å². The summed E-state index contributed by atoms with van der Waals surface area (Å²) in [7, 11) is 0. The molecule has 0 radical (unpaired) electrons. The van der Waals surface area contributed by atoms with Crippen molar-refractivity contribution in [3.8, 4) is 44.5 Å². The summed E-state index contributed by atoms with van der Waals surface area (Å²) in [6.07, 6.45) is 0. The van der Waals surface area contributed by atoms with E-state index in [1.807, 2.05) is 0 Å². The molecule has 0 saturated heterocycles.